The van der Waals surface area contributed by atoms with Crippen LogP contribution in [0.15, 0.2) is 39.8 Å². The predicted molar refractivity (Wildman–Crippen MR) is 84.9 cm³/mol. The highest BCUT2D eigenvalue weighted by Gasteiger charge is 2.21. The molecule has 8 heteroatoms. The number of methoxy groups -OCH3 is 1. The number of hydrogen-bond donors (Lipinski definition) is 2. The Balaban J connectivity index is 2.47. The van der Waals surface area contributed by atoms with Crippen molar-refractivity contribution in [3.8, 4) is 5.75 Å². The molecule has 1 aromatic heterocycles. The number of halogens is 1. The number of nitrogens with one attached hydrogen (secondary N) is 1. The second-order valence-electron chi connectivity index (χ2n) is 4.32. The molecule has 0 unspecified atom stereocenters. The number of pyridine rings is 1. The van der Waals surface area contributed by atoms with Crippen LogP contribution < -0.4 is 15.2 Å². The molecule has 1 aromatic carbocycles. The fraction of sp³-hybridized carbons (Fsp3) is 0.154. The van der Waals surface area contributed by atoms with Crippen molar-refractivity contribution in [3.63, 3.8) is 0 Å². The Bertz CT molecular complexity index is 778. The molecule has 0 saturated heterocycles. The van der Waals surface area contributed by atoms with Crippen LogP contribution in [0.1, 0.15) is 5.69 Å². The van der Waals surface area contributed by atoms with Gasteiger partial charge in [-0.1, -0.05) is 0 Å². The Morgan fingerprint density at radius 1 is 1.33 bits per heavy atom. The maximum atomic E-state index is 12.5. The lowest BCUT2D eigenvalue weighted by molar-refractivity contribution is 0.402. The average Bonchev–Trinajstić information content (AvgIpc) is 2.40. The summed E-state index contributed by atoms with van der Waals surface area (Å²) >= 11 is 3.24. The maximum Gasteiger partial charge on any atom is 0.265 e. The van der Waals surface area contributed by atoms with Gasteiger partial charge in [-0.2, -0.15) is 0 Å². The normalized spacial score (nSPS) is 11.2. The van der Waals surface area contributed by atoms with Crippen molar-refractivity contribution in [2.24, 2.45) is 0 Å². The zero-order valence-corrected chi connectivity index (χ0v) is 13.8. The highest BCUT2D eigenvalue weighted by molar-refractivity contribution is 9.10. The molecule has 0 aliphatic heterocycles. The summed E-state index contributed by atoms with van der Waals surface area (Å²) < 4.78 is 33.1. The topological polar surface area (TPSA) is 94.3 Å². The first kappa shape index (κ1) is 15.6. The van der Waals surface area contributed by atoms with Gasteiger partial charge in [0.05, 0.1) is 12.8 Å². The number of aromatic nitrogens is 1. The van der Waals surface area contributed by atoms with Gasteiger partial charge >= 0.3 is 0 Å². The lowest BCUT2D eigenvalue weighted by Crippen LogP contribution is -2.14. The van der Waals surface area contributed by atoms with E-state index < -0.39 is 10.0 Å². The molecule has 0 radical (unpaired) electrons. The Morgan fingerprint density at radius 3 is 2.67 bits per heavy atom. The highest BCUT2D eigenvalue weighted by Crippen LogP contribution is 2.33. The van der Waals surface area contributed by atoms with E-state index in [0.717, 1.165) is 0 Å². The Labute approximate surface area is 131 Å². The van der Waals surface area contributed by atoms with E-state index in [1.807, 2.05) is 0 Å². The van der Waals surface area contributed by atoms with Crippen LogP contribution in [-0.2, 0) is 10.0 Å². The summed E-state index contributed by atoms with van der Waals surface area (Å²) in [4.78, 5) is 3.99. The summed E-state index contributed by atoms with van der Waals surface area (Å²) in [5.41, 5.74) is 7.19. The summed E-state index contributed by atoms with van der Waals surface area (Å²) in [5.74, 6) is 0.203. The van der Waals surface area contributed by atoms with E-state index in [0.29, 0.717) is 21.5 Å². The van der Waals surface area contributed by atoms with Crippen molar-refractivity contribution in [2.45, 2.75) is 11.8 Å². The molecular formula is C13H14BrN3O3S. The van der Waals surface area contributed by atoms with Crippen molar-refractivity contribution in [1.82, 2.24) is 4.98 Å². The molecule has 0 amide bonds. The van der Waals surface area contributed by atoms with Crippen LogP contribution in [-0.4, -0.2) is 20.5 Å². The molecule has 21 heavy (non-hydrogen) atoms. The van der Waals surface area contributed by atoms with E-state index in [1.165, 1.54) is 25.4 Å². The van der Waals surface area contributed by atoms with Gasteiger partial charge in [0.2, 0.25) is 0 Å². The van der Waals surface area contributed by atoms with Gasteiger partial charge < -0.3 is 10.5 Å². The monoisotopic (exact) mass is 371 g/mol. The van der Waals surface area contributed by atoms with Gasteiger partial charge in [0.15, 0.2) is 0 Å². The van der Waals surface area contributed by atoms with Gasteiger partial charge in [-0.05, 0) is 47.1 Å². The van der Waals surface area contributed by atoms with Gasteiger partial charge in [0.1, 0.15) is 10.6 Å². The van der Waals surface area contributed by atoms with Crippen molar-refractivity contribution >= 4 is 37.3 Å². The molecule has 0 aliphatic carbocycles. The average molecular weight is 372 g/mol. The molecule has 6 nitrogen and oxygen atoms in total. The van der Waals surface area contributed by atoms with Gasteiger partial charge in [-0.15, -0.1) is 0 Å². The fourth-order valence-electron chi connectivity index (χ4n) is 1.74. The quantitative estimate of drug-likeness (QED) is 0.805. The van der Waals surface area contributed by atoms with Gasteiger partial charge in [0.25, 0.3) is 10.0 Å². The van der Waals surface area contributed by atoms with E-state index in [4.69, 9.17) is 10.5 Å². The summed E-state index contributed by atoms with van der Waals surface area (Å²) in [6.07, 6.45) is 1.53. The minimum Gasteiger partial charge on any atom is -0.495 e. The Kier molecular flexibility index (Phi) is 4.38. The fourth-order valence-corrected chi connectivity index (χ4v) is 3.30. The van der Waals surface area contributed by atoms with E-state index in [2.05, 4.69) is 25.6 Å². The summed E-state index contributed by atoms with van der Waals surface area (Å²) in [6, 6.07) is 6.06. The SMILES string of the molecule is COc1cc(Br)c(N)cc1S(=O)(=O)Nc1ccnc(C)c1. The second kappa shape index (κ2) is 5.90. The minimum absolute atomic E-state index is 0.0276. The van der Waals surface area contributed by atoms with E-state index >= 15 is 0 Å². The Morgan fingerprint density at radius 2 is 2.05 bits per heavy atom. The lowest BCUT2D eigenvalue weighted by Gasteiger charge is -2.13. The number of rotatable bonds is 4. The molecular weight excluding hydrogens is 358 g/mol. The predicted octanol–water partition coefficient (Wildman–Crippen LogP) is 2.54. The molecule has 112 valence electrons. The van der Waals surface area contributed by atoms with Crippen molar-refractivity contribution < 1.29 is 13.2 Å². The van der Waals surface area contributed by atoms with Crippen molar-refractivity contribution in [3.05, 3.63) is 40.6 Å². The largest absolute Gasteiger partial charge is 0.495 e. The zero-order chi connectivity index (χ0) is 15.6. The number of nitrogen functional groups attached to an aromatic ring is 1. The van der Waals surface area contributed by atoms with Crippen LogP contribution in [0.2, 0.25) is 0 Å². The molecule has 2 aromatic rings. The molecule has 0 atom stereocenters. The molecule has 0 spiro atoms. The van der Waals surface area contributed by atoms with Crippen LogP contribution in [0, 0.1) is 6.92 Å². The first-order chi connectivity index (χ1) is 9.83. The van der Waals surface area contributed by atoms with Gasteiger partial charge in [0, 0.05) is 22.1 Å². The molecule has 0 fully saturated rings. The molecule has 3 N–H and O–H groups in total. The standard InChI is InChI=1S/C13H14BrN3O3S/c1-8-5-9(3-4-16-8)17-21(18,19)13-7-11(15)10(14)6-12(13)20-2/h3-7H,15H2,1-2H3,(H,16,17). The first-order valence-electron chi connectivity index (χ1n) is 5.92. The number of anilines is 2. The third kappa shape index (κ3) is 3.45. The summed E-state index contributed by atoms with van der Waals surface area (Å²) in [6.45, 7) is 1.77. The van der Waals surface area contributed by atoms with Crippen molar-refractivity contribution in [1.29, 1.82) is 0 Å². The van der Waals surface area contributed by atoms with Gasteiger partial charge in [-0.3, -0.25) is 9.71 Å². The number of sulfonamides is 1. The summed E-state index contributed by atoms with van der Waals surface area (Å²) in [5, 5.41) is 0. The Hall–Kier alpha value is -1.80. The lowest BCUT2D eigenvalue weighted by atomic mass is 10.3. The number of nitrogens with zero attached hydrogens (tertiary/aromatic N) is 1. The molecule has 0 aliphatic rings. The molecule has 0 saturated carbocycles. The minimum atomic E-state index is -3.82. The summed E-state index contributed by atoms with van der Waals surface area (Å²) in [7, 11) is -2.42. The molecule has 2 rings (SSSR count). The number of aryl methyl sites for hydroxylation is 1. The van der Waals surface area contributed by atoms with E-state index in [-0.39, 0.29) is 10.6 Å². The number of nitrogens with two attached hydrogens (primary N) is 1. The van der Waals surface area contributed by atoms with Crippen LogP contribution in [0.5, 0.6) is 5.75 Å². The van der Waals surface area contributed by atoms with Crippen LogP contribution in [0.25, 0.3) is 0 Å². The molecule has 0 bridgehead atoms. The zero-order valence-electron chi connectivity index (χ0n) is 11.4. The highest BCUT2D eigenvalue weighted by atomic mass is 79.9. The smallest absolute Gasteiger partial charge is 0.265 e. The molecule has 1 heterocycles. The number of benzene rings is 1. The number of hydrogen-bond acceptors (Lipinski definition) is 5. The van der Waals surface area contributed by atoms with Crippen LogP contribution in [0.4, 0.5) is 11.4 Å². The van der Waals surface area contributed by atoms with Crippen molar-refractivity contribution in [2.75, 3.05) is 17.6 Å². The van der Waals surface area contributed by atoms with Crippen LogP contribution in [0.3, 0.4) is 0 Å². The third-order valence-electron chi connectivity index (χ3n) is 2.72. The number of ether oxygens (including phenoxy) is 1. The van der Waals surface area contributed by atoms with E-state index in [1.54, 1.807) is 19.1 Å². The first-order valence-corrected chi connectivity index (χ1v) is 8.19. The van der Waals surface area contributed by atoms with E-state index in [9.17, 15) is 8.42 Å². The third-order valence-corrected chi connectivity index (χ3v) is 4.81. The van der Waals surface area contributed by atoms with Crippen LogP contribution >= 0.6 is 15.9 Å². The maximum absolute atomic E-state index is 12.5. The van der Waals surface area contributed by atoms with Gasteiger partial charge in [-0.25, -0.2) is 8.42 Å². The second-order valence-corrected chi connectivity index (χ2v) is 6.82.